The predicted octanol–water partition coefficient (Wildman–Crippen LogP) is 3.26. The first-order chi connectivity index (χ1) is 8.78. The summed E-state index contributed by atoms with van der Waals surface area (Å²) in [6.07, 6.45) is 1.94. The topological polar surface area (TPSA) is 25.2 Å². The number of aliphatic hydroxyl groups excluding tert-OH is 1. The minimum atomic E-state index is -0.238. The molecule has 3 aromatic rings. The molecule has 0 aliphatic heterocycles. The summed E-state index contributed by atoms with van der Waals surface area (Å²) >= 11 is 0. The van der Waals surface area contributed by atoms with Crippen molar-refractivity contribution < 1.29 is 9.50 Å². The van der Waals surface area contributed by atoms with Crippen LogP contribution in [0.4, 0.5) is 4.39 Å². The van der Waals surface area contributed by atoms with Crippen LogP contribution in [-0.4, -0.2) is 9.67 Å². The van der Waals surface area contributed by atoms with Crippen LogP contribution in [0.25, 0.3) is 16.6 Å². The highest BCUT2D eigenvalue weighted by molar-refractivity contribution is 5.82. The Morgan fingerprint density at radius 2 is 1.78 bits per heavy atom. The van der Waals surface area contributed by atoms with Crippen molar-refractivity contribution in [2.24, 2.45) is 0 Å². The second kappa shape index (κ2) is 4.27. The quantitative estimate of drug-likeness (QED) is 0.732. The van der Waals surface area contributed by atoms with Gasteiger partial charge in [-0.1, -0.05) is 6.07 Å². The molecule has 0 spiro atoms. The zero-order valence-corrected chi connectivity index (χ0v) is 9.68. The average Bonchev–Trinajstić information content (AvgIpc) is 2.82. The first-order valence-corrected chi connectivity index (χ1v) is 5.75. The molecule has 0 fully saturated rings. The molecule has 0 unspecified atom stereocenters. The minimum absolute atomic E-state index is 0.0394. The van der Waals surface area contributed by atoms with Crippen LogP contribution in [0.5, 0.6) is 0 Å². The molecule has 18 heavy (non-hydrogen) atoms. The maximum Gasteiger partial charge on any atom is 0.123 e. The van der Waals surface area contributed by atoms with Gasteiger partial charge in [0.2, 0.25) is 0 Å². The number of hydrogen-bond donors (Lipinski definition) is 1. The molecule has 3 rings (SSSR count). The molecule has 2 nitrogen and oxygen atoms in total. The third-order valence-corrected chi connectivity index (χ3v) is 3.04. The van der Waals surface area contributed by atoms with Crippen LogP contribution in [0, 0.1) is 5.82 Å². The first-order valence-electron chi connectivity index (χ1n) is 5.75. The van der Waals surface area contributed by atoms with Gasteiger partial charge in [0.05, 0.1) is 12.1 Å². The molecular formula is C15H12FNO. The Hall–Kier alpha value is -2.13. The van der Waals surface area contributed by atoms with Gasteiger partial charge >= 0.3 is 0 Å². The number of hydrogen-bond acceptors (Lipinski definition) is 1. The van der Waals surface area contributed by atoms with Gasteiger partial charge in [-0.05, 0) is 48.0 Å². The lowest BCUT2D eigenvalue weighted by Gasteiger charge is -2.05. The summed E-state index contributed by atoms with van der Waals surface area (Å²) in [7, 11) is 0. The number of halogens is 1. The van der Waals surface area contributed by atoms with Crippen LogP contribution >= 0.6 is 0 Å². The van der Waals surface area contributed by atoms with E-state index in [1.807, 2.05) is 35.0 Å². The SMILES string of the molecule is OCc1ccc2c(ccn2-c2ccc(F)cc2)c1. The number of nitrogens with zero attached hydrogens (tertiary/aromatic N) is 1. The Bertz CT molecular complexity index is 685. The highest BCUT2D eigenvalue weighted by Crippen LogP contribution is 2.22. The summed E-state index contributed by atoms with van der Waals surface area (Å²) in [5.41, 5.74) is 2.85. The third-order valence-electron chi connectivity index (χ3n) is 3.04. The van der Waals surface area contributed by atoms with Crippen LogP contribution in [0.15, 0.2) is 54.7 Å². The van der Waals surface area contributed by atoms with Gasteiger partial charge in [0.15, 0.2) is 0 Å². The fourth-order valence-electron chi connectivity index (χ4n) is 2.12. The predicted molar refractivity (Wildman–Crippen MR) is 69.2 cm³/mol. The molecule has 0 aliphatic carbocycles. The number of aliphatic hydroxyl groups is 1. The normalized spacial score (nSPS) is 11.0. The Kier molecular flexibility index (Phi) is 2.61. The molecule has 1 N–H and O–H groups in total. The van der Waals surface area contributed by atoms with Crippen LogP contribution in [0.2, 0.25) is 0 Å². The number of aromatic nitrogens is 1. The van der Waals surface area contributed by atoms with Gasteiger partial charge < -0.3 is 9.67 Å². The molecule has 90 valence electrons. The van der Waals surface area contributed by atoms with E-state index in [9.17, 15) is 4.39 Å². The van der Waals surface area contributed by atoms with Gasteiger partial charge in [-0.3, -0.25) is 0 Å². The molecule has 0 atom stereocenters. The second-order valence-corrected chi connectivity index (χ2v) is 4.21. The van der Waals surface area contributed by atoms with E-state index in [1.165, 1.54) is 12.1 Å². The lowest BCUT2D eigenvalue weighted by atomic mass is 10.2. The lowest BCUT2D eigenvalue weighted by Crippen LogP contribution is -1.92. The molecular weight excluding hydrogens is 229 g/mol. The summed E-state index contributed by atoms with van der Waals surface area (Å²) in [5, 5.41) is 10.2. The molecule has 1 aromatic heterocycles. The molecule has 0 aliphatic rings. The third kappa shape index (κ3) is 1.79. The zero-order chi connectivity index (χ0) is 12.5. The number of fused-ring (bicyclic) bond motifs is 1. The molecule has 0 amide bonds. The lowest BCUT2D eigenvalue weighted by molar-refractivity contribution is 0.282. The van der Waals surface area contributed by atoms with Crippen molar-refractivity contribution in [2.45, 2.75) is 6.61 Å². The van der Waals surface area contributed by atoms with Crippen molar-refractivity contribution in [2.75, 3.05) is 0 Å². The van der Waals surface area contributed by atoms with Crippen LogP contribution in [0.1, 0.15) is 5.56 Å². The van der Waals surface area contributed by atoms with E-state index in [2.05, 4.69) is 0 Å². The molecule has 1 heterocycles. The van der Waals surface area contributed by atoms with E-state index in [4.69, 9.17) is 5.11 Å². The van der Waals surface area contributed by atoms with Crippen LogP contribution < -0.4 is 0 Å². The van der Waals surface area contributed by atoms with Crippen molar-refractivity contribution in [3.8, 4) is 5.69 Å². The summed E-state index contributed by atoms with van der Waals surface area (Å²) in [5.74, 6) is -0.238. The summed E-state index contributed by atoms with van der Waals surface area (Å²) in [6.45, 7) is 0.0394. The van der Waals surface area contributed by atoms with E-state index in [-0.39, 0.29) is 12.4 Å². The Balaban J connectivity index is 2.15. The largest absolute Gasteiger partial charge is 0.392 e. The Morgan fingerprint density at radius 1 is 1.00 bits per heavy atom. The van der Waals surface area contributed by atoms with Gasteiger partial charge in [0, 0.05) is 17.3 Å². The highest BCUT2D eigenvalue weighted by Gasteiger charge is 2.04. The van der Waals surface area contributed by atoms with Crippen molar-refractivity contribution >= 4 is 10.9 Å². The highest BCUT2D eigenvalue weighted by atomic mass is 19.1. The van der Waals surface area contributed by atoms with E-state index in [0.29, 0.717) is 0 Å². The van der Waals surface area contributed by atoms with Crippen LogP contribution in [0.3, 0.4) is 0 Å². The molecule has 0 saturated heterocycles. The maximum absolute atomic E-state index is 12.9. The monoisotopic (exact) mass is 241 g/mol. The zero-order valence-electron chi connectivity index (χ0n) is 9.68. The molecule has 0 radical (unpaired) electrons. The van der Waals surface area contributed by atoms with Gasteiger partial charge in [-0.15, -0.1) is 0 Å². The standard InChI is InChI=1S/C15H12FNO/c16-13-2-4-14(5-3-13)17-8-7-12-9-11(10-18)1-6-15(12)17/h1-9,18H,10H2. The van der Waals surface area contributed by atoms with E-state index in [1.54, 1.807) is 12.1 Å². The fourth-order valence-corrected chi connectivity index (χ4v) is 2.12. The Morgan fingerprint density at radius 3 is 2.50 bits per heavy atom. The van der Waals surface area contributed by atoms with Crippen molar-refractivity contribution in [3.05, 3.63) is 66.1 Å². The van der Waals surface area contributed by atoms with Gasteiger partial charge in [0.1, 0.15) is 5.82 Å². The summed E-state index contributed by atoms with van der Waals surface area (Å²) < 4.78 is 14.9. The second-order valence-electron chi connectivity index (χ2n) is 4.21. The van der Waals surface area contributed by atoms with Gasteiger partial charge in [-0.25, -0.2) is 4.39 Å². The number of rotatable bonds is 2. The van der Waals surface area contributed by atoms with Gasteiger partial charge in [-0.2, -0.15) is 0 Å². The fraction of sp³-hybridized carbons (Fsp3) is 0.0667. The molecule has 0 bridgehead atoms. The maximum atomic E-state index is 12.9. The van der Waals surface area contributed by atoms with E-state index < -0.39 is 0 Å². The van der Waals surface area contributed by atoms with Crippen molar-refractivity contribution in [1.29, 1.82) is 0 Å². The average molecular weight is 241 g/mol. The van der Waals surface area contributed by atoms with E-state index >= 15 is 0 Å². The smallest absolute Gasteiger partial charge is 0.123 e. The summed E-state index contributed by atoms with van der Waals surface area (Å²) in [4.78, 5) is 0. The summed E-state index contributed by atoms with van der Waals surface area (Å²) in [6, 6.07) is 14.2. The first kappa shape index (κ1) is 11.0. The van der Waals surface area contributed by atoms with E-state index in [0.717, 1.165) is 22.2 Å². The molecule has 3 heteroatoms. The molecule has 0 saturated carbocycles. The molecule has 2 aromatic carbocycles. The number of benzene rings is 2. The minimum Gasteiger partial charge on any atom is -0.392 e. The van der Waals surface area contributed by atoms with Crippen molar-refractivity contribution in [1.82, 2.24) is 4.57 Å². The van der Waals surface area contributed by atoms with Gasteiger partial charge in [0.25, 0.3) is 0 Å². The van der Waals surface area contributed by atoms with Crippen LogP contribution in [-0.2, 0) is 6.61 Å². The van der Waals surface area contributed by atoms with Crippen molar-refractivity contribution in [3.63, 3.8) is 0 Å². The Labute approximate surface area is 104 Å².